The molecule has 10 heteroatoms. The lowest BCUT2D eigenvalue weighted by Crippen LogP contribution is -2.39. The van der Waals surface area contributed by atoms with E-state index in [1.165, 1.54) is 18.0 Å². The molecular weight excluding hydrogens is 264 g/mol. The summed E-state index contributed by atoms with van der Waals surface area (Å²) in [6.07, 6.45) is -1.24. The van der Waals surface area contributed by atoms with Crippen LogP contribution in [0.25, 0.3) is 0 Å². The van der Waals surface area contributed by atoms with Gasteiger partial charge in [0.2, 0.25) is 0 Å². The average molecular weight is 277 g/mol. The highest BCUT2D eigenvalue weighted by Gasteiger charge is 2.10. The number of ether oxygens (including phenoxy) is 1. The van der Waals surface area contributed by atoms with Gasteiger partial charge in [0.1, 0.15) is 0 Å². The Labute approximate surface area is 107 Å². The maximum atomic E-state index is 11.8. The molecule has 106 valence electrons. The number of aromatic nitrogens is 3. The normalized spacial score (nSPS) is 10.3. The Morgan fingerprint density at radius 2 is 2.21 bits per heavy atom. The van der Waals surface area contributed by atoms with Crippen LogP contribution >= 0.6 is 0 Å². The summed E-state index contributed by atoms with van der Waals surface area (Å²) in [5.74, 6) is -0.617. The molecule has 19 heavy (non-hydrogen) atoms. The number of alkyl halides is 2. The van der Waals surface area contributed by atoms with Gasteiger partial charge >= 0.3 is 12.0 Å². The number of halogens is 2. The Morgan fingerprint density at radius 1 is 1.47 bits per heavy atom. The fourth-order valence-electron chi connectivity index (χ4n) is 1.12. The lowest BCUT2D eigenvalue weighted by atomic mass is 10.5. The van der Waals surface area contributed by atoms with Gasteiger partial charge in [-0.05, 0) is 0 Å². The Bertz CT molecular complexity index is 437. The molecule has 0 radical (unpaired) electrons. The number of rotatable bonds is 6. The molecule has 2 amide bonds. The molecule has 0 fully saturated rings. The number of hydrogen-bond donors (Lipinski definition) is 2. The lowest BCUT2D eigenvalue weighted by Gasteiger charge is -2.06. The topological polar surface area (TPSA) is 98.1 Å². The van der Waals surface area contributed by atoms with Crippen molar-refractivity contribution in [3.8, 4) is 0 Å². The van der Waals surface area contributed by atoms with Gasteiger partial charge in [-0.2, -0.15) is 0 Å². The van der Waals surface area contributed by atoms with Gasteiger partial charge in [0.05, 0.1) is 26.4 Å². The summed E-state index contributed by atoms with van der Waals surface area (Å²) in [6.45, 7) is -0.313. The number of esters is 1. The van der Waals surface area contributed by atoms with E-state index in [-0.39, 0.29) is 18.8 Å². The van der Waals surface area contributed by atoms with Gasteiger partial charge in [-0.3, -0.25) is 0 Å². The molecule has 8 nitrogen and oxygen atoms in total. The number of carbonyl (C=O) groups is 2. The maximum Gasteiger partial charge on any atom is 0.360 e. The average Bonchev–Trinajstić information content (AvgIpc) is 2.84. The fraction of sp³-hybridized carbons (Fsp3) is 0.556. The number of amides is 2. The fourth-order valence-corrected chi connectivity index (χ4v) is 1.12. The Morgan fingerprint density at radius 3 is 2.84 bits per heavy atom. The summed E-state index contributed by atoms with van der Waals surface area (Å²) in [5.41, 5.74) is 0.0460. The molecule has 0 aromatic carbocycles. The molecule has 1 rings (SSSR count). The van der Waals surface area contributed by atoms with E-state index in [0.717, 1.165) is 0 Å². The van der Waals surface area contributed by atoms with Gasteiger partial charge < -0.3 is 15.4 Å². The highest BCUT2D eigenvalue weighted by Crippen LogP contribution is 1.94. The van der Waals surface area contributed by atoms with Crippen molar-refractivity contribution in [2.75, 3.05) is 20.2 Å². The molecule has 0 saturated heterocycles. The molecule has 0 spiro atoms. The van der Waals surface area contributed by atoms with Crippen molar-refractivity contribution < 1.29 is 23.1 Å². The quantitative estimate of drug-likeness (QED) is 0.691. The molecule has 0 bridgehead atoms. The SMILES string of the molecule is COC(=O)c1cn(CCNC(=O)NCC(F)F)nn1. The number of carbonyl (C=O) groups excluding carboxylic acids is 2. The zero-order valence-corrected chi connectivity index (χ0v) is 10.1. The summed E-state index contributed by atoms with van der Waals surface area (Å²) < 4.78 is 29.3. The van der Waals surface area contributed by atoms with E-state index >= 15 is 0 Å². The first kappa shape index (κ1) is 14.8. The van der Waals surface area contributed by atoms with Crippen LogP contribution in [0.4, 0.5) is 13.6 Å². The second-order valence-corrected chi connectivity index (χ2v) is 3.39. The van der Waals surface area contributed by atoms with Gasteiger partial charge in [0.25, 0.3) is 6.43 Å². The largest absolute Gasteiger partial charge is 0.464 e. The molecule has 0 aliphatic rings. The summed E-state index contributed by atoms with van der Waals surface area (Å²) in [7, 11) is 1.22. The molecule has 1 aromatic heterocycles. The second-order valence-electron chi connectivity index (χ2n) is 3.39. The third kappa shape index (κ3) is 5.27. The zero-order chi connectivity index (χ0) is 14.3. The first-order valence-electron chi connectivity index (χ1n) is 5.31. The highest BCUT2D eigenvalue weighted by atomic mass is 19.3. The maximum absolute atomic E-state index is 11.8. The van der Waals surface area contributed by atoms with Crippen LogP contribution in [0.1, 0.15) is 10.5 Å². The van der Waals surface area contributed by atoms with E-state index in [0.29, 0.717) is 0 Å². The van der Waals surface area contributed by atoms with Crippen LogP contribution in [0.2, 0.25) is 0 Å². The Balaban J connectivity index is 2.27. The molecular formula is C9H13F2N5O3. The lowest BCUT2D eigenvalue weighted by molar-refractivity contribution is 0.0594. The van der Waals surface area contributed by atoms with E-state index < -0.39 is 25.0 Å². The highest BCUT2D eigenvalue weighted by molar-refractivity contribution is 5.86. The minimum absolute atomic E-state index is 0.0460. The summed E-state index contributed by atoms with van der Waals surface area (Å²) in [5, 5.41) is 11.5. The van der Waals surface area contributed by atoms with Crippen molar-refractivity contribution in [3.05, 3.63) is 11.9 Å². The first-order valence-corrected chi connectivity index (χ1v) is 5.31. The predicted molar refractivity (Wildman–Crippen MR) is 58.8 cm³/mol. The number of methoxy groups -OCH3 is 1. The molecule has 0 aliphatic carbocycles. The van der Waals surface area contributed by atoms with Gasteiger partial charge in [0.15, 0.2) is 5.69 Å². The van der Waals surface area contributed by atoms with Crippen LogP contribution in [-0.2, 0) is 11.3 Å². The van der Waals surface area contributed by atoms with Crippen molar-refractivity contribution in [1.82, 2.24) is 25.6 Å². The molecule has 0 saturated carbocycles. The van der Waals surface area contributed by atoms with E-state index in [2.05, 4.69) is 20.4 Å². The van der Waals surface area contributed by atoms with Crippen molar-refractivity contribution >= 4 is 12.0 Å². The molecule has 1 aromatic rings. The minimum Gasteiger partial charge on any atom is -0.464 e. The predicted octanol–water partition coefficient (Wildman–Crippen LogP) is -0.371. The van der Waals surface area contributed by atoms with Crippen LogP contribution in [0, 0.1) is 0 Å². The summed E-state index contributed by atoms with van der Waals surface area (Å²) >= 11 is 0. The van der Waals surface area contributed by atoms with Crippen molar-refractivity contribution in [1.29, 1.82) is 0 Å². The second kappa shape index (κ2) is 7.24. The first-order chi connectivity index (χ1) is 9.02. The van der Waals surface area contributed by atoms with Crippen LogP contribution in [-0.4, -0.2) is 53.6 Å². The van der Waals surface area contributed by atoms with Crippen LogP contribution < -0.4 is 10.6 Å². The number of hydrogen-bond acceptors (Lipinski definition) is 5. The minimum atomic E-state index is -2.59. The van der Waals surface area contributed by atoms with Crippen LogP contribution in [0.15, 0.2) is 6.20 Å². The van der Waals surface area contributed by atoms with Crippen molar-refractivity contribution in [3.63, 3.8) is 0 Å². The Hall–Kier alpha value is -2.26. The van der Waals surface area contributed by atoms with Crippen molar-refractivity contribution in [2.24, 2.45) is 0 Å². The molecule has 2 N–H and O–H groups in total. The molecule has 1 heterocycles. The van der Waals surface area contributed by atoms with Crippen LogP contribution in [0.5, 0.6) is 0 Å². The summed E-state index contributed by atoms with van der Waals surface area (Å²) in [6, 6.07) is -0.700. The molecule has 0 aliphatic heterocycles. The van der Waals surface area contributed by atoms with E-state index in [4.69, 9.17) is 0 Å². The summed E-state index contributed by atoms with van der Waals surface area (Å²) in [4.78, 5) is 22.1. The number of urea groups is 1. The molecule has 0 atom stereocenters. The van der Waals surface area contributed by atoms with Gasteiger partial charge in [-0.25, -0.2) is 23.1 Å². The van der Waals surface area contributed by atoms with Crippen molar-refractivity contribution in [2.45, 2.75) is 13.0 Å². The van der Waals surface area contributed by atoms with E-state index in [1.807, 2.05) is 5.32 Å². The number of nitrogens with zero attached hydrogens (tertiary/aromatic N) is 3. The van der Waals surface area contributed by atoms with Gasteiger partial charge in [-0.1, -0.05) is 5.21 Å². The smallest absolute Gasteiger partial charge is 0.360 e. The monoisotopic (exact) mass is 277 g/mol. The standard InChI is InChI=1S/C9H13F2N5O3/c1-19-8(17)6-5-16(15-14-6)3-2-12-9(18)13-4-7(10)11/h5,7H,2-4H2,1H3,(H2,12,13,18). The van der Waals surface area contributed by atoms with E-state index in [9.17, 15) is 18.4 Å². The van der Waals surface area contributed by atoms with Crippen LogP contribution in [0.3, 0.4) is 0 Å². The number of nitrogens with one attached hydrogen (secondary N) is 2. The zero-order valence-electron chi connectivity index (χ0n) is 10.1. The van der Waals surface area contributed by atoms with Gasteiger partial charge in [0, 0.05) is 6.54 Å². The van der Waals surface area contributed by atoms with Gasteiger partial charge in [-0.15, -0.1) is 5.10 Å². The van der Waals surface area contributed by atoms with E-state index in [1.54, 1.807) is 0 Å². The Kier molecular flexibility index (Phi) is 5.64. The third-order valence-corrected chi connectivity index (χ3v) is 1.98. The molecule has 0 unspecified atom stereocenters. The third-order valence-electron chi connectivity index (χ3n) is 1.98.